The Morgan fingerprint density at radius 1 is 1.36 bits per heavy atom. The Morgan fingerprint density at radius 3 is 3.05 bits per heavy atom. The number of benzene rings is 1. The van der Waals surface area contributed by atoms with Crippen LogP contribution in [0.2, 0.25) is 0 Å². The Kier molecular flexibility index (Phi) is 3.23. The Morgan fingerprint density at radius 2 is 2.23 bits per heavy atom. The molecule has 0 atom stereocenters. The summed E-state index contributed by atoms with van der Waals surface area (Å²) in [6, 6.07) is 7.60. The quantitative estimate of drug-likeness (QED) is 0.723. The highest BCUT2D eigenvalue weighted by atomic mass is 32.1. The molecule has 8 heteroatoms. The number of para-hydroxylation sites is 1. The lowest BCUT2D eigenvalue weighted by atomic mass is 10.1. The van der Waals surface area contributed by atoms with Gasteiger partial charge >= 0.3 is 0 Å². The van der Waals surface area contributed by atoms with Gasteiger partial charge in [-0.25, -0.2) is 9.67 Å². The summed E-state index contributed by atoms with van der Waals surface area (Å²) >= 11 is 1.46. The highest BCUT2D eigenvalue weighted by Crippen LogP contribution is 2.20. The summed E-state index contributed by atoms with van der Waals surface area (Å²) in [5.74, 6) is 0.0228. The van der Waals surface area contributed by atoms with Gasteiger partial charge in [-0.2, -0.15) is 0 Å². The minimum absolute atomic E-state index is 0.0228. The number of hydrogen-bond acceptors (Lipinski definition) is 6. The number of ether oxygens (including phenoxy) is 1. The van der Waals surface area contributed by atoms with E-state index >= 15 is 0 Å². The first kappa shape index (κ1) is 13.2. The maximum absolute atomic E-state index is 12.3. The van der Waals surface area contributed by atoms with Gasteiger partial charge in [-0.1, -0.05) is 28.7 Å². The molecule has 1 aliphatic rings. The fourth-order valence-corrected chi connectivity index (χ4v) is 2.94. The number of amides is 1. The van der Waals surface area contributed by atoms with E-state index in [1.807, 2.05) is 29.6 Å². The fourth-order valence-electron chi connectivity index (χ4n) is 2.39. The fraction of sp³-hybridized carbons (Fsp3) is 0.286. The average molecular weight is 315 g/mol. The number of aromatic nitrogens is 4. The van der Waals surface area contributed by atoms with E-state index in [4.69, 9.17) is 4.74 Å². The SMILES string of the molecule is O=C(Cn1nnc2ccccc21)N1CC(Oc2nccs2)C1. The molecule has 7 nitrogen and oxygen atoms in total. The van der Waals surface area contributed by atoms with E-state index in [9.17, 15) is 4.79 Å². The van der Waals surface area contributed by atoms with E-state index in [2.05, 4.69) is 15.3 Å². The number of fused-ring (bicyclic) bond motifs is 1. The van der Waals surface area contributed by atoms with Crippen molar-refractivity contribution in [1.82, 2.24) is 24.9 Å². The highest BCUT2D eigenvalue weighted by molar-refractivity contribution is 7.11. The molecule has 0 saturated carbocycles. The number of carbonyl (C=O) groups excluding carboxylic acids is 1. The molecule has 0 unspecified atom stereocenters. The third kappa shape index (κ3) is 2.41. The number of rotatable bonds is 4. The van der Waals surface area contributed by atoms with Crippen molar-refractivity contribution in [3.8, 4) is 5.19 Å². The van der Waals surface area contributed by atoms with Crippen molar-refractivity contribution < 1.29 is 9.53 Å². The summed E-state index contributed by atoms with van der Waals surface area (Å²) in [6.45, 7) is 1.38. The molecule has 1 amide bonds. The van der Waals surface area contributed by atoms with Gasteiger partial charge in [-0.3, -0.25) is 4.79 Å². The second-order valence-electron chi connectivity index (χ2n) is 5.07. The van der Waals surface area contributed by atoms with Crippen molar-refractivity contribution in [2.45, 2.75) is 12.6 Å². The van der Waals surface area contributed by atoms with Gasteiger partial charge in [0.25, 0.3) is 5.19 Å². The van der Waals surface area contributed by atoms with Crippen LogP contribution in [-0.4, -0.2) is 50.0 Å². The van der Waals surface area contributed by atoms with Crippen molar-refractivity contribution >= 4 is 28.3 Å². The number of hydrogen-bond donors (Lipinski definition) is 0. The molecular formula is C14H13N5O2S. The molecule has 0 bridgehead atoms. The number of nitrogens with zero attached hydrogens (tertiary/aromatic N) is 5. The smallest absolute Gasteiger partial charge is 0.273 e. The first-order valence-electron chi connectivity index (χ1n) is 6.92. The second kappa shape index (κ2) is 5.38. The van der Waals surface area contributed by atoms with Crippen LogP contribution in [0, 0.1) is 0 Å². The molecule has 3 aromatic rings. The topological polar surface area (TPSA) is 73.1 Å². The molecule has 1 aromatic carbocycles. The van der Waals surface area contributed by atoms with Crippen molar-refractivity contribution in [1.29, 1.82) is 0 Å². The lowest BCUT2D eigenvalue weighted by Crippen LogP contribution is -2.56. The van der Waals surface area contributed by atoms with Gasteiger partial charge < -0.3 is 9.64 Å². The molecule has 1 aliphatic heterocycles. The standard InChI is InChI=1S/C14H13N5O2S/c20-13(9-19-12-4-2-1-3-11(12)16-17-19)18-7-10(8-18)21-14-15-5-6-22-14/h1-6,10H,7-9H2. The van der Waals surface area contributed by atoms with Crippen LogP contribution in [-0.2, 0) is 11.3 Å². The zero-order valence-electron chi connectivity index (χ0n) is 11.6. The van der Waals surface area contributed by atoms with Crippen LogP contribution >= 0.6 is 11.3 Å². The number of likely N-dealkylation sites (tertiary alicyclic amines) is 1. The van der Waals surface area contributed by atoms with E-state index in [1.54, 1.807) is 15.8 Å². The Labute approximate surface area is 130 Å². The summed E-state index contributed by atoms with van der Waals surface area (Å²) in [4.78, 5) is 18.1. The van der Waals surface area contributed by atoms with Gasteiger partial charge in [0.1, 0.15) is 18.2 Å². The number of thiazole rings is 1. The van der Waals surface area contributed by atoms with Crippen LogP contribution < -0.4 is 4.74 Å². The third-order valence-electron chi connectivity index (χ3n) is 3.58. The second-order valence-corrected chi connectivity index (χ2v) is 5.93. The van der Waals surface area contributed by atoms with Crippen molar-refractivity contribution in [2.75, 3.05) is 13.1 Å². The lowest BCUT2D eigenvalue weighted by Gasteiger charge is -2.38. The van der Waals surface area contributed by atoms with Crippen LogP contribution in [0.4, 0.5) is 0 Å². The first-order chi connectivity index (χ1) is 10.8. The molecule has 1 fully saturated rings. The van der Waals surface area contributed by atoms with E-state index in [-0.39, 0.29) is 18.6 Å². The molecule has 22 heavy (non-hydrogen) atoms. The lowest BCUT2D eigenvalue weighted by molar-refractivity contribution is -0.140. The van der Waals surface area contributed by atoms with E-state index in [0.717, 1.165) is 11.0 Å². The van der Waals surface area contributed by atoms with Crippen LogP contribution in [0.3, 0.4) is 0 Å². The monoisotopic (exact) mass is 315 g/mol. The van der Waals surface area contributed by atoms with Crippen LogP contribution in [0.5, 0.6) is 5.19 Å². The molecule has 0 spiro atoms. The van der Waals surface area contributed by atoms with Crippen molar-refractivity contribution in [3.05, 3.63) is 35.8 Å². The van der Waals surface area contributed by atoms with Gasteiger partial charge in [0.15, 0.2) is 0 Å². The van der Waals surface area contributed by atoms with Crippen LogP contribution in [0.1, 0.15) is 0 Å². The van der Waals surface area contributed by atoms with Crippen LogP contribution in [0.25, 0.3) is 11.0 Å². The summed E-state index contributed by atoms with van der Waals surface area (Å²) in [7, 11) is 0. The zero-order valence-corrected chi connectivity index (χ0v) is 12.4. The van der Waals surface area contributed by atoms with Crippen LogP contribution in [0.15, 0.2) is 35.8 Å². The van der Waals surface area contributed by atoms with E-state index in [1.165, 1.54) is 11.3 Å². The van der Waals surface area contributed by atoms with Gasteiger partial charge in [0.2, 0.25) is 5.91 Å². The van der Waals surface area contributed by atoms with Gasteiger partial charge in [0.05, 0.1) is 18.6 Å². The molecule has 0 aliphatic carbocycles. The Hall–Kier alpha value is -2.48. The highest BCUT2D eigenvalue weighted by Gasteiger charge is 2.33. The van der Waals surface area contributed by atoms with Gasteiger partial charge in [-0.05, 0) is 12.1 Å². The molecular weight excluding hydrogens is 302 g/mol. The van der Waals surface area contributed by atoms with E-state index < -0.39 is 0 Å². The summed E-state index contributed by atoms with van der Waals surface area (Å²) in [5, 5.41) is 10.6. The Balaban J connectivity index is 1.36. The minimum Gasteiger partial charge on any atom is -0.463 e. The van der Waals surface area contributed by atoms with Gasteiger partial charge in [0, 0.05) is 11.6 Å². The molecule has 2 aromatic heterocycles. The molecule has 112 valence electrons. The minimum atomic E-state index is 0.0228. The maximum atomic E-state index is 12.3. The first-order valence-corrected chi connectivity index (χ1v) is 7.80. The maximum Gasteiger partial charge on any atom is 0.273 e. The average Bonchev–Trinajstić information content (AvgIpc) is 3.12. The number of carbonyl (C=O) groups is 1. The predicted molar refractivity (Wildman–Crippen MR) is 80.6 cm³/mol. The summed E-state index contributed by atoms with van der Waals surface area (Å²) in [6.07, 6.45) is 1.74. The van der Waals surface area contributed by atoms with Gasteiger partial charge in [-0.15, -0.1) is 5.10 Å². The molecule has 3 heterocycles. The predicted octanol–water partition coefficient (Wildman–Crippen LogP) is 1.18. The third-order valence-corrected chi connectivity index (χ3v) is 4.24. The molecule has 0 radical (unpaired) electrons. The normalized spacial score (nSPS) is 15.0. The van der Waals surface area contributed by atoms with E-state index in [0.29, 0.717) is 18.3 Å². The molecule has 1 saturated heterocycles. The van der Waals surface area contributed by atoms with Crippen molar-refractivity contribution in [3.63, 3.8) is 0 Å². The van der Waals surface area contributed by atoms with Crippen molar-refractivity contribution in [2.24, 2.45) is 0 Å². The zero-order chi connectivity index (χ0) is 14.9. The molecule has 0 N–H and O–H groups in total. The molecule has 4 rings (SSSR count). The summed E-state index contributed by atoms with van der Waals surface area (Å²) < 4.78 is 7.29. The Bertz CT molecular complexity index is 795. The summed E-state index contributed by atoms with van der Waals surface area (Å²) in [5.41, 5.74) is 1.66. The largest absolute Gasteiger partial charge is 0.463 e.